The first-order valence-corrected chi connectivity index (χ1v) is 8.20. The van der Waals surface area contributed by atoms with Gasteiger partial charge in [0.05, 0.1) is 18.1 Å². The van der Waals surface area contributed by atoms with Crippen LogP contribution in [0.3, 0.4) is 0 Å². The Hall–Kier alpha value is -1.44. The van der Waals surface area contributed by atoms with Crippen LogP contribution >= 0.6 is 0 Å². The molecule has 0 bridgehead atoms. The maximum absolute atomic E-state index is 12.1. The first-order chi connectivity index (χ1) is 9.38. The third-order valence-electron chi connectivity index (χ3n) is 3.13. The van der Waals surface area contributed by atoms with E-state index in [1.807, 2.05) is 6.92 Å². The third kappa shape index (κ3) is 3.56. The number of benzene rings is 1. The Balaban J connectivity index is 2.18. The van der Waals surface area contributed by atoms with Crippen molar-refractivity contribution in [2.24, 2.45) is 0 Å². The summed E-state index contributed by atoms with van der Waals surface area (Å²) in [6, 6.07) is 4.27. The fourth-order valence-electron chi connectivity index (χ4n) is 1.92. The van der Waals surface area contributed by atoms with E-state index in [0.717, 1.165) is 11.8 Å². The standard InChI is InChI=1S/C13H18N2O4S/c1-9-3-4-10(20(2,17)18)7-11(9)15-13(16)12-8-19-6-5-14-12/h3-4,7,12,14H,5-6,8H2,1-2H3,(H,15,16). The van der Waals surface area contributed by atoms with Gasteiger partial charge < -0.3 is 15.4 Å². The molecule has 1 atom stereocenters. The van der Waals surface area contributed by atoms with Crippen LogP contribution in [0.1, 0.15) is 5.56 Å². The number of nitrogens with one attached hydrogen (secondary N) is 2. The molecular formula is C13H18N2O4S. The second-order valence-electron chi connectivity index (χ2n) is 4.82. The van der Waals surface area contributed by atoms with Crippen LogP contribution < -0.4 is 10.6 Å². The lowest BCUT2D eigenvalue weighted by molar-refractivity contribution is -0.120. The molecular weight excluding hydrogens is 280 g/mol. The number of sulfone groups is 1. The molecule has 0 spiro atoms. The predicted octanol–water partition coefficient (Wildman–Crippen LogP) is 0.325. The van der Waals surface area contributed by atoms with Crippen molar-refractivity contribution in [3.8, 4) is 0 Å². The lowest BCUT2D eigenvalue weighted by atomic mass is 10.2. The average Bonchev–Trinajstić information content (AvgIpc) is 2.41. The molecule has 1 unspecified atom stereocenters. The smallest absolute Gasteiger partial charge is 0.243 e. The molecule has 1 aliphatic rings. The SMILES string of the molecule is Cc1ccc(S(C)(=O)=O)cc1NC(=O)C1COCCN1. The minimum absolute atomic E-state index is 0.186. The molecule has 1 amide bonds. The summed E-state index contributed by atoms with van der Waals surface area (Å²) in [5.74, 6) is -0.224. The molecule has 20 heavy (non-hydrogen) atoms. The lowest BCUT2D eigenvalue weighted by Crippen LogP contribution is -2.48. The van der Waals surface area contributed by atoms with Gasteiger partial charge in [0.15, 0.2) is 9.84 Å². The Labute approximate surface area is 118 Å². The summed E-state index contributed by atoms with van der Waals surface area (Å²) in [6.45, 7) is 3.34. The highest BCUT2D eigenvalue weighted by molar-refractivity contribution is 7.90. The Morgan fingerprint density at radius 2 is 2.20 bits per heavy atom. The van der Waals surface area contributed by atoms with Gasteiger partial charge in [-0.25, -0.2) is 8.42 Å². The molecule has 2 N–H and O–H groups in total. The summed E-state index contributed by atoms with van der Waals surface area (Å²) in [7, 11) is -3.29. The number of amides is 1. The second-order valence-corrected chi connectivity index (χ2v) is 6.84. The highest BCUT2D eigenvalue weighted by Gasteiger charge is 2.22. The van der Waals surface area contributed by atoms with Crippen LogP contribution in [0, 0.1) is 6.92 Å². The molecule has 1 aliphatic heterocycles. The maximum atomic E-state index is 12.1. The van der Waals surface area contributed by atoms with E-state index in [1.165, 1.54) is 12.1 Å². The van der Waals surface area contributed by atoms with Crippen LogP contribution in [0.15, 0.2) is 23.1 Å². The fraction of sp³-hybridized carbons (Fsp3) is 0.462. The van der Waals surface area contributed by atoms with Crippen LogP contribution in [0.25, 0.3) is 0 Å². The number of morpholine rings is 1. The van der Waals surface area contributed by atoms with Crippen LogP contribution in [0.5, 0.6) is 0 Å². The predicted molar refractivity (Wildman–Crippen MR) is 75.5 cm³/mol. The molecule has 1 heterocycles. The number of carbonyl (C=O) groups excluding carboxylic acids is 1. The number of rotatable bonds is 3. The van der Waals surface area contributed by atoms with Gasteiger partial charge >= 0.3 is 0 Å². The molecule has 1 aromatic carbocycles. The Bertz CT molecular complexity index is 607. The molecule has 110 valence electrons. The lowest BCUT2D eigenvalue weighted by Gasteiger charge is -2.23. The number of aryl methyl sites for hydroxylation is 1. The van der Waals surface area contributed by atoms with E-state index < -0.39 is 15.9 Å². The highest BCUT2D eigenvalue weighted by atomic mass is 32.2. The quantitative estimate of drug-likeness (QED) is 0.840. The number of hydrogen-bond donors (Lipinski definition) is 2. The van der Waals surface area contributed by atoms with Gasteiger partial charge in [-0.15, -0.1) is 0 Å². The van der Waals surface area contributed by atoms with E-state index in [0.29, 0.717) is 25.4 Å². The molecule has 1 saturated heterocycles. The van der Waals surface area contributed by atoms with Crippen molar-refractivity contribution < 1.29 is 17.9 Å². The van der Waals surface area contributed by atoms with Gasteiger partial charge in [0.25, 0.3) is 0 Å². The number of anilines is 1. The molecule has 2 rings (SSSR count). The van der Waals surface area contributed by atoms with Gasteiger partial charge in [-0.1, -0.05) is 6.07 Å². The van der Waals surface area contributed by atoms with Gasteiger partial charge in [0, 0.05) is 18.5 Å². The molecule has 0 aromatic heterocycles. The van der Waals surface area contributed by atoms with Crippen molar-refractivity contribution in [3.05, 3.63) is 23.8 Å². The zero-order chi connectivity index (χ0) is 14.8. The summed E-state index contributed by atoms with van der Waals surface area (Å²) in [4.78, 5) is 12.3. The van der Waals surface area contributed by atoms with Crippen LogP contribution in [0.4, 0.5) is 5.69 Å². The molecule has 0 saturated carbocycles. The van der Waals surface area contributed by atoms with Crippen molar-refractivity contribution in [2.45, 2.75) is 17.9 Å². The van der Waals surface area contributed by atoms with Crippen LogP contribution in [0.2, 0.25) is 0 Å². The van der Waals surface area contributed by atoms with E-state index in [1.54, 1.807) is 6.07 Å². The molecule has 6 nitrogen and oxygen atoms in total. The van der Waals surface area contributed by atoms with Gasteiger partial charge in [0.2, 0.25) is 5.91 Å². The van der Waals surface area contributed by atoms with E-state index in [-0.39, 0.29) is 10.8 Å². The Morgan fingerprint density at radius 1 is 1.45 bits per heavy atom. The highest BCUT2D eigenvalue weighted by Crippen LogP contribution is 2.20. The van der Waals surface area contributed by atoms with Crippen molar-refractivity contribution in [1.29, 1.82) is 0 Å². The van der Waals surface area contributed by atoms with Crippen molar-refractivity contribution in [1.82, 2.24) is 5.32 Å². The van der Waals surface area contributed by atoms with E-state index in [9.17, 15) is 13.2 Å². The maximum Gasteiger partial charge on any atom is 0.243 e. The normalized spacial score (nSPS) is 19.6. The zero-order valence-electron chi connectivity index (χ0n) is 11.5. The Kier molecular flexibility index (Phi) is 4.42. The van der Waals surface area contributed by atoms with Gasteiger partial charge in [-0.05, 0) is 24.6 Å². The number of hydrogen-bond acceptors (Lipinski definition) is 5. The number of carbonyl (C=O) groups is 1. The fourth-order valence-corrected chi connectivity index (χ4v) is 2.57. The van der Waals surface area contributed by atoms with Crippen LogP contribution in [-0.4, -0.2) is 46.4 Å². The summed E-state index contributed by atoms with van der Waals surface area (Å²) < 4.78 is 28.3. The number of ether oxygens (including phenoxy) is 1. The first-order valence-electron chi connectivity index (χ1n) is 6.30. The first kappa shape index (κ1) is 15.0. The van der Waals surface area contributed by atoms with Gasteiger partial charge in [0.1, 0.15) is 6.04 Å². The minimum atomic E-state index is -3.29. The summed E-state index contributed by atoms with van der Waals surface area (Å²) in [5, 5.41) is 5.79. The monoisotopic (exact) mass is 298 g/mol. The largest absolute Gasteiger partial charge is 0.378 e. The molecule has 7 heteroatoms. The zero-order valence-corrected chi connectivity index (χ0v) is 12.3. The second kappa shape index (κ2) is 5.90. The molecule has 0 radical (unpaired) electrons. The van der Waals surface area contributed by atoms with Gasteiger partial charge in [-0.2, -0.15) is 0 Å². The van der Waals surface area contributed by atoms with E-state index in [2.05, 4.69) is 10.6 Å². The topological polar surface area (TPSA) is 84.5 Å². The van der Waals surface area contributed by atoms with Gasteiger partial charge in [-0.3, -0.25) is 4.79 Å². The summed E-state index contributed by atoms with van der Waals surface area (Å²) in [5.41, 5.74) is 1.31. The minimum Gasteiger partial charge on any atom is -0.378 e. The van der Waals surface area contributed by atoms with Crippen molar-refractivity contribution in [3.63, 3.8) is 0 Å². The Morgan fingerprint density at radius 3 is 2.80 bits per heavy atom. The van der Waals surface area contributed by atoms with Crippen LogP contribution in [-0.2, 0) is 19.4 Å². The van der Waals surface area contributed by atoms with E-state index in [4.69, 9.17) is 4.74 Å². The molecule has 0 aliphatic carbocycles. The third-order valence-corrected chi connectivity index (χ3v) is 4.24. The van der Waals surface area contributed by atoms with Crippen molar-refractivity contribution >= 4 is 21.4 Å². The molecule has 1 aromatic rings. The van der Waals surface area contributed by atoms with Crippen molar-refractivity contribution in [2.75, 3.05) is 31.3 Å². The average molecular weight is 298 g/mol. The summed E-state index contributed by atoms with van der Waals surface area (Å²) in [6.07, 6.45) is 1.14. The van der Waals surface area contributed by atoms with E-state index >= 15 is 0 Å². The summed E-state index contributed by atoms with van der Waals surface area (Å²) >= 11 is 0. The molecule has 1 fully saturated rings.